The van der Waals surface area contributed by atoms with Crippen LogP contribution in [-0.4, -0.2) is 64.5 Å². The fourth-order valence-corrected chi connectivity index (χ4v) is 8.78. The third-order valence-corrected chi connectivity index (χ3v) is 20.4. The predicted molar refractivity (Wildman–Crippen MR) is 217 cm³/mol. The van der Waals surface area contributed by atoms with Crippen molar-refractivity contribution in [3.8, 4) is 0 Å². The highest BCUT2D eigenvalue weighted by atomic mass is 28.4. The number of nitrogens with zero attached hydrogens (tertiary/aromatic N) is 1. The fourth-order valence-electron chi connectivity index (χ4n) is 6.02. The second-order valence-electron chi connectivity index (χ2n) is 18.1. The van der Waals surface area contributed by atoms with Gasteiger partial charge in [0.05, 0.1) is 12.2 Å². The first kappa shape index (κ1) is 47.8. The van der Waals surface area contributed by atoms with Gasteiger partial charge in [-0.1, -0.05) is 158 Å². The SMILES string of the molecule is CCCCCCCCCCC(CN(CCCCC(=O)O)CC(CCCCCCCCCC)O[Si](C)(C)C(C)(C)C)O[Si](C)(C)C(C)(C)C. The minimum atomic E-state index is -1.95. The maximum atomic E-state index is 11.3. The van der Waals surface area contributed by atoms with E-state index < -0.39 is 22.6 Å². The van der Waals surface area contributed by atoms with Crippen LogP contribution in [0, 0.1) is 0 Å². The maximum absolute atomic E-state index is 11.3. The molecule has 288 valence electrons. The molecule has 0 fully saturated rings. The van der Waals surface area contributed by atoms with Crippen LogP contribution in [0.5, 0.6) is 0 Å². The topological polar surface area (TPSA) is 59.0 Å². The number of carboxylic acid groups (broad SMARTS) is 1. The molecule has 0 saturated carbocycles. The lowest BCUT2D eigenvalue weighted by molar-refractivity contribution is -0.137. The molecule has 0 rings (SSSR count). The van der Waals surface area contributed by atoms with E-state index in [1.165, 1.54) is 103 Å². The largest absolute Gasteiger partial charge is 0.481 e. The van der Waals surface area contributed by atoms with E-state index in [2.05, 4.69) is 86.5 Å². The summed E-state index contributed by atoms with van der Waals surface area (Å²) in [5.74, 6) is -0.691. The molecule has 0 aromatic carbocycles. The minimum absolute atomic E-state index is 0.168. The molecule has 2 atom stereocenters. The molecule has 0 saturated heterocycles. The van der Waals surface area contributed by atoms with E-state index in [-0.39, 0.29) is 28.7 Å². The molecule has 48 heavy (non-hydrogen) atoms. The molecule has 5 nitrogen and oxygen atoms in total. The lowest BCUT2D eigenvalue weighted by atomic mass is 10.0. The molecule has 0 aliphatic heterocycles. The fraction of sp³-hybridized carbons (Fsp3) is 0.976. The Morgan fingerprint density at radius 3 is 1.21 bits per heavy atom. The van der Waals surface area contributed by atoms with E-state index in [1.807, 2.05) is 0 Å². The standard InChI is InChI=1S/C41H87NO4Si2/c1-13-15-17-19-21-23-25-27-31-37(45-47(9,10)40(3,4)5)35-42(34-30-29-33-39(43)44)36-38(46-48(11,12)41(6,7)8)32-28-26-24-22-20-18-16-14-2/h37-38H,13-36H2,1-12H3,(H,43,44). The molecule has 0 amide bonds. The Morgan fingerprint density at radius 2 is 0.896 bits per heavy atom. The van der Waals surface area contributed by atoms with Crippen LogP contribution in [0.25, 0.3) is 0 Å². The Labute approximate surface area is 303 Å². The average Bonchev–Trinajstić information content (AvgIpc) is 2.96. The van der Waals surface area contributed by atoms with Gasteiger partial charge < -0.3 is 14.0 Å². The van der Waals surface area contributed by atoms with Crippen LogP contribution >= 0.6 is 0 Å². The average molecular weight is 714 g/mol. The first-order valence-corrected chi connectivity index (χ1v) is 26.5. The van der Waals surface area contributed by atoms with Crippen molar-refractivity contribution < 1.29 is 18.8 Å². The Bertz CT molecular complexity index is 736. The van der Waals surface area contributed by atoms with Crippen molar-refractivity contribution in [2.24, 2.45) is 0 Å². The van der Waals surface area contributed by atoms with Gasteiger partial charge in [0.1, 0.15) is 0 Å². The van der Waals surface area contributed by atoms with Gasteiger partial charge in [-0.2, -0.15) is 0 Å². The molecule has 7 heteroatoms. The number of carbonyl (C=O) groups is 1. The van der Waals surface area contributed by atoms with E-state index in [1.54, 1.807) is 0 Å². The third-order valence-electron chi connectivity index (χ3n) is 11.3. The van der Waals surface area contributed by atoms with Gasteiger partial charge in [0.2, 0.25) is 0 Å². The molecule has 0 aromatic rings. The van der Waals surface area contributed by atoms with E-state index >= 15 is 0 Å². The summed E-state index contributed by atoms with van der Waals surface area (Å²) in [6.45, 7) is 31.0. The van der Waals surface area contributed by atoms with Gasteiger partial charge in [-0.15, -0.1) is 0 Å². The van der Waals surface area contributed by atoms with Crippen LogP contribution in [0.3, 0.4) is 0 Å². The highest BCUT2D eigenvalue weighted by molar-refractivity contribution is 6.74. The quantitative estimate of drug-likeness (QED) is 0.0572. The first-order valence-electron chi connectivity index (χ1n) is 20.7. The predicted octanol–water partition coefficient (Wildman–Crippen LogP) is 13.4. The Kier molecular flexibility index (Phi) is 25.6. The molecule has 2 unspecified atom stereocenters. The molecule has 1 N–H and O–H groups in total. The van der Waals surface area contributed by atoms with Gasteiger partial charge in [0.25, 0.3) is 0 Å². The second-order valence-corrected chi connectivity index (χ2v) is 27.7. The monoisotopic (exact) mass is 714 g/mol. The molecular formula is C41H87NO4Si2. The molecule has 0 heterocycles. The zero-order chi connectivity index (χ0) is 36.7. The van der Waals surface area contributed by atoms with Crippen molar-refractivity contribution in [1.29, 1.82) is 0 Å². The molecule has 0 radical (unpaired) electrons. The van der Waals surface area contributed by atoms with Gasteiger partial charge in [-0.3, -0.25) is 9.69 Å². The summed E-state index contributed by atoms with van der Waals surface area (Å²) < 4.78 is 14.4. The lowest BCUT2D eigenvalue weighted by Crippen LogP contribution is -2.50. The third kappa shape index (κ3) is 23.3. The summed E-state index contributed by atoms with van der Waals surface area (Å²) in [7, 11) is -3.91. The van der Waals surface area contributed by atoms with Crippen molar-refractivity contribution in [3.63, 3.8) is 0 Å². The number of hydrogen-bond acceptors (Lipinski definition) is 4. The van der Waals surface area contributed by atoms with E-state index in [0.29, 0.717) is 0 Å². The lowest BCUT2D eigenvalue weighted by Gasteiger charge is -2.42. The highest BCUT2D eigenvalue weighted by Crippen LogP contribution is 2.39. The van der Waals surface area contributed by atoms with E-state index in [9.17, 15) is 9.90 Å². The molecule has 0 spiro atoms. The molecule has 0 bridgehead atoms. The number of carboxylic acids is 1. The van der Waals surface area contributed by atoms with Gasteiger partial charge >= 0.3 is 5.97 Å². The van der Waals surface area contributed by atoms with Gasteiger partial charge in [-0.25, -0.2) is 0 Å². The van der Waals surface area contributed by atoms with E-state index in [4.69, 9.17) is 8.85 Å². The Hall–Kier alpha value is -0.216. The van der Waals surface area contributed by atoms with Crippen molar-refractivity contribution in [1.82, 2.24) is 4.90 Å². The number of rotatable bonds is 31. The molecule has 0 aliphatic carbocycles. The minimum Gasteiger partial charge on any atom is -0.481 e. The van der Waals surface area contributed by atoms with Crippen LogP contribution < -0.4 is 0 Å². The molecule has 0 aliphatic rings. The van der Waals surface area contributed by atoms with Crippen molar-refractivity contribution in [2.75, 3.05) is 19.6 Å². The maximum Gasteiger partial charge on any atom is 0.303 e. The summed E-state index contributed by atoms with van der Waals surface area (Å²) >= 11 is 0. The van der Waals surface area contributed by atoms with Crippen molar-refractivity contribution >= 4 is 22.6 Å². The summed E-state index contributed by atoms with van der Waals surface area (Å²) in [5, 5.41) is 9.67. The summed E-state index contributed by atoms with van der Waals surface area (Å²) in [6.07, 6.45) is 25.8. The first-order chi connectivity index (χ1) is 22.4. The van der Waals surface area contributed by atoms with Gasteiger partial charge in [0.15, 0.2) is 16.6 Å². The molecule has 0 aromatic heterocycles. The van der Waals surface area contributed by atoms with Gasteiger partial charge in [-0.05, 0) is 68.5 Å². The summed E-state index contributed by atoms with van der Waals surface area (Å²) in [4.78, 5) is 14.0. The van der Waals surface area contributed by atoms with Crippen molar-refractivity contribution in [3.05, 3.63) is 0 Å². The second kappa shape index (κ2) is 25.7. The van der Waals surface area contributed by atoms with Crippen molar-refractivity contribution in [2.45, 2.75) is 239 Å². The van der Waals surface area contributed by atoms with Crippen LogP contribution in [0.15, 0.2) is 0 Å². The van der Waals surface area contributed by atoms with Crippen LogP contribution in [0.2, 0.25) is 36.3 Å². The Balaban J connectivity index is 5.86. The van der Waals surface area contributed by atoms with E-state index in [0.717, 1.165) is 45.3 Å². The summed E-state index contributed by atoms with van der Waals surface area (Å²) in [5.41, 5.74) is 0. The number of hydrogen-bond donors (Lipinski definition) is 1. The smallest absolute Gasteiger partial charge is 0.303 e. The Morgan fingerprint density at radius 1 is 0.562 bits per heavy atom. The molecular weight excluding hydrogens is 627 g/mol. The van der Waals surface area contributed by atoms with Crippen LogP contribution in [0.4, 0.5) is 0 Å². The van der Waals surface area contributed by atoms with Gasteiger partial charge in [0, 0.05) is 19.5 Å². The zero-order valence-corrected chi connectivity index (χ0v) is 36.7. The number of unbranched alkanes of at least 4 members (excludes halogenated alkanes) is 15. The summed E-state index contributed by atoms with van der Waals surface area (Å²) in [6, 6.07) is 0. The van der Waals surface area contributed by atoms with Crippen LogP contribution in [0.1, 0.15) is 190 Å². The highest BCUT2D eigenvalue weighted by Gasteiger charge is 2.41. The number of aliphatic carboxylic acids is 1. The van der Waals surface area contributed by atoms with Crippen LogP contribution in [-0.2, 0) is 13.6 Å². The zero-order valence-electron chi connectivity index (χ0n) is 34.7. The normalized spacial score (nSPS) is 14.5.